The molecule has 0 aliphatic heterocycles. The van der Waals surface area contributed by atoms with Gasteiger partial charge in [-0.25, -0.2) is 0 Å². The van der Waals surface area contributed by atoms with Gasteiger partial charge in [0.1, 0.15) is 6.61 Å². The molecule has 0 aromatic carbocycles. The van der Waals surface area contributed by atoms with Crippen LogP contribution in [0.15, 0.2) is 0 Å². The van der Waals surface area contributed by atoms with Gasteiger partial charge in [0.05, 0.1) is 13.2 Å². The second-order valence-electron chi connectivity index (χ2n) is 4.56. The van der Waals surface area contributed by atoms with Gasteiger partial charge in [-0.15, -0.1) is 0 Å². The average molecular weight is 235 g/mol. The number of methoxy groups -OCH3 is 1. The van der Waals surface area contributed by atoms with Crippen LogP contribution in [0.2, 0.25) is 0 Å². The smallest absolute Gasteiger partial charge is 0.252 e. The van der Waals surface area contributed by atoms with Crippen molar-refractivity contribution >= 4 is 0 Å². The van der Waals surface area contributed by atoms with Crippen molar-refractivity contribution in [3.05, 3.63) is 0 Å². The molecule has 0 aliphatic rings. The van der Waals surface area contributed by atoms with Gasteiger partial charge in [-0.1, -0.05) is 0 Å². The van der Waals surface area contributed by atoms with E-state index in [2.05, 4.69) is 5.32 Å². The molecule has 1 unspecified atom stereocenters. The Labute approximate surface area is 98.1 Å². The van der Waals surface area contributed by atoms with Gasteiger partial charge in [0.25, 0.3) is 5.91 Å². The molecule has 0 aliphatic carbocycles. The minimum atomic E-state index is -1.15. The van der Waals surface area contributed by atoms with Gasteiger partial charge in [0.15, 0.2) is 0 Å². The first-order chi connectivity index (χ1) is 7.39. The van der Waals surface area contributed by atoms with Gasteiger partial charge >= 0.3 is 0 Å². The van der Waals surface area contributed by atoms with Crippen LogP contribution >= 0.6 is 0 Å². The molecule has 0 bridgehead atoms. The molecule has 0 fully saturated rings. The number of rotatable bonds is 8. The van der Waals surface area contributed by atoms with E-state index in [1.807, 2.05) is 27.7 Å². The van der Waals surface area contributed by atoms with E-state index >= 15 is 0 Å². The van der Waals surface area contributed by atoms with Crippen LogP contribution in [-0.2, 0) is 14.2 Å². The van der Waals surface area contributed by atoms with E-state index < -0.39 is 5.91 Å². The SMILES string of the molecule is CCOC(CO)(NC(C)(C)C)OCCOC. The summed E-state index contributed by atoms with van der Waals surface area (Å²) in [5, 5.41) is 12.5. The van der Waals surface area contributed by atoms with Crippen molar-refractivity contribution in [2.75, 3.05) is 33.5 Å². The zero-order valence-electron chi connectivity index (χ0n) is 11.0. The van der Waals surface area contributed by atoms with Crippen molar-refractivity contribution < 1.29 is 19.3 Å². The van der Waals surface area contributed by atoms with Crippen LogP contribution in [-0.4, -0.2) is 50.1 Å². The Morgan fingerprint density at radius 3 is 2.12 bits per heavy atom. The van der Waals surface area contributed by atoms with E-state index in [0.717, 1.165) is 0 Å². The van der Waals surface area contributed by atoms with E-state index in [9.17, 15) is 5.11 Å². The Hall–Kier alpha value is -0.200. The Morgan fingerprint density at radius 1 is 1.12 bits per heavy atom. The highest BCUT2D eigenvalue weighted by Gasteiger charge is 2.35. The van der Waals surface area contributed by atoms with Crippen LogP contribution in [0.4, 0.5) is 0 Å². The highest BCUT2D eigenvalue weighted by molar-refractivity contribution is 4.78. The fourth-order valence-corrected chi connectivity index (χ4v) is 1.34. The Kier molecular flexibility index (Phi) is 7.10. The number of aliphatic hydroxyl groups is 1. The lowest BCUT2D eigenvalue weighted by Crippen LogP contribution is -2.60. The topological polar surface area (TPSA) is 60.0 Å². The number of hydrogen-bond acceptors (Lipinski definition) is 5. The molecule has 0 rings (SSSR count). The summed E-state index contributed by atoms with van der Waals surface area (Å²) in [4.78, 5) is 0. The standard InChI is InChI=1S/C11H25NO4/c1-6-15-11(9-13,12-10(2,3)4)16-8-7-14-5/h12-13H,6-9H2,1-5H3. The molecule has 16 heavy (non-hydrogen) atoms. The predicted octanol–water partition coefficient (Wildman–Crippen LogP) is 0.720. The van der Waals surface area contributed by atoms with Crippen molar-refractivity contribution in [2.24, 2.45) is 0 Å². The van der Waals surface area contributed by atoms with Crippen molar-refractivity contribution in [3.63, 3.8) is 0 Å². The second-order valence-corrected chi connectivity index (χ2v) is 4.56. The van der Waals surface area contributed by atoms with Crippen molar-refractivity contribution in [3.8, 4) is 0 Å². The zero-order valence-corrected chi connectivity index (χ0v) is 11.0. The van der Waals surface area contributed by atoms with Gasteiger partial charge in [-0.2, -0.15) is 0 Å². The monoisotopic (exact) mass is 235 g/mol. The van der Waals surface area contributed by atoms with E-state index in [4.69, 9.17) is 14.2 Å². The normalized spacial score (nSPS) is 16.1. The van der Waals surface area contributed by atoms with Gasteiger partial charge < -0.3 is 19.3 Å². The Morgan fingerprint density at radius 2 is 1.75 bits per heavy atom. The molecule has 5 heteroatoms. The fraction of sp³-hybridized carbons (Fsp3) is 1.00. The quantitative estimate of drug-likeness (QED) is 0.479. The third-order valence-electron chi connectivity index (χ3n) is 1.77. The molecule has 98 valence electrons. The van der Waals surface area contributed by atoms with Gasteiger partial charge in [-0.05, 0) is 27.7 Å². The maximum Gasteiger partial charge on any atom is 0.252 e. The molecule has 1 atom stereocenters. The highest BCUT2D eigenvalue weighted by Crippen LogP contribution is 2.14. The minimum Gasteiger partial charge on any atom is -0.389 e. The maximum absolute atomic E-state index is 9.42. The lowest BCUT2D eigenvalue weighted by molar-refractivity contribution is -0.282. The van der Waals surface area contributed by atoms with Crippen LogP contribution in [0, 0.1) is 0 Å². The number of aliphatic hydroxyl groups excluding tert-OH is 1. The summed E-state index contributed by atoms with van der Waals surface area (Å²) >= 11 is 0. The zero-order chi connectivity index (χ0) is 12.7. The molecule has 5 nitrogen and oxygen atoms in total. The molecule has 0 heterocycles. The van der Waals surface area contributed by atoms with Crippen LogP contribution in [0.5, 0.6) is 0 Å². The summed E-state index contributed by atoms with van der Waals surface area (Å²) in [5.41, 5.74) is -0.217. The summed E-state index contributed by atoms with van der Waals surface area (Å²) in [7, 11) is 1.60. The largest absolute Gasteiger partial charge is 0.389 e. The third-order valence-corrected chi connectivity index (χ3v) is 1.77. The minimum absolute atomic E-state index is 0.217. The predicted molar refractivity (Wildman–Crippen MR) is 62.2 cm³/mol. The molecule has 0 aromatic heterocycles. The van der Waals surface area contributed by atoms with Crippen LogP contribution < -0.4 is 5.32 Å². The van der Waals surface area contributed by atoms with Crippen LogP contribution in [0.25, 0.3) is 0 Å². The molecule has 0 amide bonds. The fourth-order valence-electron chi connectivity index (χ4n) is 1.34. The Bertz CT molecular complexity index is 181. The van der Waals surface area contributed by atoms with E-state index in [1.54, 1.807) is 7.11 Å². The molecule has 0 saturated heterocycles. The Balaban J connectivity index is 4.44. The number of hydrogen-bond donors (Lipinski definition) is 2. The lowest BCUT2D eigenvalue weighted by Gasteiger charge is -2.38. The molecule has 2 N–H and O–H groups in total. The summed E-state index contributed by atoms with van der Waals surface area (Å²) in [6.07, 6.45) is 0. The summed E-state index contributed by atoms with van der Waals surface area (Å²) < 4.78 is 15.9. The van der Waals surface area contributed by atoms with E-state index in [0.29, 0.717) is 19.8 Å². The van der Waals surface area contributed by atoms with Crippen molar-refractivity contribution in [2.45, 2.75) is 39.1 Å². The second kappa shape index (κ2) is 7.19. The molecular weight excluding hydrogens is 210 g/mol. The molecule has 0 saturated carbocycles. The first-order valence-electron chi connectivity index (χ1n) is 5.56. The molecule has 0 radical (unpaired) electrons. The first-order valence-corrected chi connectivity index (χ1v) is 5.56. The van der Waals surface area contributed by atoms with Crippen molar-refractivity contribution in [1.82, 2.24) is 5.32 Å². The highest BCUT2D eigenvalue weighted by atomic mass is 16.7. The summed E-state index contributed by atoms with van der Waals surface area (Å²) in [6, 6.07) is 0. The summed E-state index contributed by atoms with van der Waals surface area (Å²) in [6.45, 7) is 8.83. The molecule has 0 spiro atoms. The van der Waals surface area contributed by atoms with E-state index in [-0.39, 0.29) is 12.1 Å². The number of ether oxygens (including phenoxy) is 3. The van der Waals surface area contributed by atoms with Crippen LogP contribution in [0.3, 0.4) is 0 Å². The third kappa shape index (κ3) is 6.40. The lowest BCUT2D eigenvalue weighted by atomic mass is 10.1. The molecule has 0 aromatic rings. The van der Waals surface area contributed by atoms with E-state index in [1.165, 1.54) is 0 Å². The van der Waals surface area contributed by atoms with Gasteiger partial charge in [0.2, 0.25) is 0 Å². The van der Waals surface area contributed by atoms with Crippen molar-refractivity contribution in [1.29, 1.82) is 0 Å². The summed E-state index contributed by atoms with van der Waals surface area (Å²) in [5.74, 6) is -1.15. The average Bonchev–Trinajstić information content (AvgIpc) is 2.16. The van der Waals surface area contributed by atoms with Crippen LogP contribution in [0.1, 0.15) is 27.7 Å². The van der Waals surface area contributed by atoms with Gasteiger partial charge in [0, 0.05) is 19.3 Å². The molecular formula is C11H25NO4. The van der Waals surface area contributed by atoms with Gasteiger partial charge in [-0.3, -0.25) is 5.32 Å². The number of nitrogens with one attached hydrogen (secondary N) is 1. The maximum atomic E-state index is 9.42. The first kappa shape index (κ1) is 15.8.